The quantitative estimate of drug-likeness (QED) is 0.778. The molecule has 0 unspecified atom stereocenters. The lowest BCUT2D eigenvalue weighted by Gasteiger charge is -2.31. The lowest BCUT2D eigenvalue weighted by molar-refractivity contribution is -0.122. The molecule has 0 aromatic heterocycles. The summed E-state index contributed by atoms with van der Waals surface area (Å²) in [5.41, 5.74) is -0.0135. The minimum absolute atomic E-state index is 0.00182. The zero-order valence-electron chi connectivity index (χ0n) is 14.1. The van der Waals surface area contributed by atoms with Gasteiger partial charge in [-0.25, -0.2) is 13.1 Å². The standard InChI is InChI=1S/C18H23N3O3S/c19-15-18(11-5-2-6-12-18)21-17(22)9-13-20-25(23,24)14-10-16-7-3-1-4-8-16/h1,3-4,7-8,10,14,20H,2,5-6,9,11-13H2,(H,21,22)/b14-10+. The molecule has 1 aromatic rings. The summed E-state index contributed by atoms with van der Waals surface area (Å²) in [5, 5.41) is 13.2. The minimum Gasteiger partial charge on any atom is -0.338 e. The summed E-state index contributed by atoms with van der Waals surface area (Å²) in [6.07, 6.45) is 5.72. The SMILES string of the molecule is N#CC1(NC(=O)CCNS(=O)(=O)/C=C/c2ccccc2)CCCCC1. The zero-order valence-corrected chi connectivity index (χ0v) is 14.9. The second kappa shape index (κ2) is 8.79. The molecule has 1 fully saturated rings. The average molecular weight is 361 g/mol. The van der Waals surface area contributed by atoms with E-state index in [0.29, 0.717) is 12.8 Å². The Labute approximate surface area is 149 Å². The summed E-state index contributed by atoms with van der Waals surface area (Å²) in [6, 6.07) is 11.3. The normalized spacial score (nSPS) is 17.1. The van der Waals surface area contributed by atoms with Gasteiger partial charge in [-0.1, -0.05) is 49.6 Å². The van der Waals surface area contributed by atoms with E-state index in [0.717, 1.165) is 30.2 Å². The number of amides is 1. The van der Waals surface area contributed by atoms with E-state index < -0.39 is 15.6 Å². The van der Waals surface area contributed by atoms with Crippen molar-refractivity contribution in [2.45, 2.75) is 44.1 Å². The summed E-state index contributed by atoms with van der Waals surface area (Å²) in [4.78, 5) is 12.0. The van der Waals surface area contributed by atoms with Gasteiger partial charge >= 0.3 is 0 Å². The summed E-state index contributed by atoms with van der Waals surface area (Å²) in [6.45, 7) is -0.00515. The molecule has 0 spiro atoms. The number of benzene rings is 1. The van der Waals surface area contributed by atoms with E-state index in [1.807, 2.05) is 18.2 Å². The highest BCUT2D eigenvalue weighted by Crippen LogP contribution is 2.27. The molecule has 0 radical (unpaired) electrons. The maximum atomic E-state index is 12.0. The fraction of sp³-hybridized carbons (Fsp3) is 0.444. The van der Waals surface area contributed by atoms with Crippen molar-refractivity contribution in [2.24, 2.45) is 0 Å². The van der Waals surface area contributed by atoms with Crippen LogP contribution >= 0.6 is 0 Å². The molecule has 1 aliphatic carbocycles. The first-order chi connectivity index (χ1) is 11.9. The van der Waals surface area contributed by atoms with Crippen LogP contribution < -0.4 is 10.0 Å². The van der Waals surface area contributed by atoms with Crippen molar-refractivity contribution in [2.75, 3.05) is 6.54 Å². The number of carbonyl (C=O) groups is 1. The van der Waals surface area contributed by atoms with Gasteiger partial charge in [0.05, 0.1) is 6.07 Å². The highest BCUT2D eigenvalue weighted by Gasteiger charge is 2.33. The molecule has 0 atom stereocenters. The van der Waals surface area contributed by atoms with Crippen molar-refractivity contribution >= 4 is 22.0 Å². The number of rotatable bonds is 7. The molecule has 1 amide bonds. The fourth-order valence-electron chi connectivity index (χ4n) is 2.84. The van der Waals surface area contributed by atoms with Gasteiger partial charge < -0.3 is 5.32 Å². The largest absolute Gasteiger partial charge is 0.338 e. The summed E-state index contributed by atoms with van der Waals surface area (Å²) < 4.78 is 26.2. The molecule has 1 saturated carbocycles. The second-order valence-corrected chi connectivity index (χ2v) is 7.86. The zero-order chi connectivity index (χ0) is 18.2. The number of hydrogen-bond acceptors (Lipinski definition) is 4. The van der Waals surface area contributed by atoms with Gasteiger partial charge in [-0.05, 0) is 24.5 Å². The molecule has 25 heavy (non-hydrogen) atoms. The van der Waals surface area contributed by atoms with Crippen molar-refractivity contribution in [3.05, 3.63) is 41.3 Å². The molecular weight excluding hydrogens is 338 g/mol. The van der Waals surface area contributed by atoms with Gasteiger partial charge in [0.1, 0.15) is 5.54 Å². The van der Waals surface area contributed by atoms with Crippen molar-refractivity contribution in [3.63, 3.8) is 0 Å². The summed E-state index contributed by atoms with van der Waals surface area (Å²) in [5.74, 6) is -0.307. The minimum atomic E-state index is -3.60. The molecule has 1 aromatic carbocycles. The van der Waals surface area contributed by atoms with Crippen LogP contribution in [0.4, 0.5) is 0 Å². The van der Waals surface area contributed by atoms with Gasteiger partial charge in [0.25, 0.3) is 0 Å². The van der Waals surface area contributed by atoms with Gasteiger partial charge in [-0.2, -0.15) is 5.26 Å². The van der Waals surface area contributed by atoms with Crippen LogP contribution in [0.25, 0.3) is 6.08 Å². The maximum absolute atomic E-state index is 12.0. The first-order valence-corrected chi connectivity index (χ1v) is 9.94. The molecule has 0 bridgehead atoms. The van der Waals surface area contributed by atoms with E-state index >= 15 is 0 Å². The molecule has 7 heteroatoms. The van der Waals surface area contributed by atoms with Crippen molar-refractivity contribution in [1.82, 2.24) is 10.0 Å². The molecule has 2 N–H and O–H groups in total. The smallest absolute Gasteiger partial charge is 0.233 e. The number of nitrogens with zero attached hydrogens (tertiary/aromatic N) is 1. The van der Waals surface area contributed by atoms with Crippen LogP contribution in [-0.2, 0) is 14.8 Å². The number of nitriles is 1. The third-order valence-electron chi connectivity index (χ3n) is 4.19. The molecule has 1 aliphatic rings. The summed E-state index contributed by atoms with van der Waals surface area (Å²) in [7, 11) is -3.60. The van der Waals surface area contributed by atoms with E-state index in [1.54, 1.807) is 12.1 Å². The molecule has 0 saturated heterocycles. The van der Waals surface area contributed by atoms with Crippen LogP contribution in [0.3, 0.4) is 0 Å². The Kier molecular flexibility index (Phi) is 6.73. The lowest BCUT2D eigenvalue weighted by atomic mass is 9.83. The average Bonchev–Trinajstić information content (AvgIpc) is 2.61. The summed E-state index contributed by atoms with van der Waals surface area (Å²) >= 11 is 0. The Balaban J connectivity index is 1.80. The predicted molar refractivity (Wildman–Crippen MR) is 96.6 cm³/mol. The molecule has 134 valence electrons. The Hall–Kier alpha value is -2.17. The van der Waals surface area contributed by atoms with E-state index in [9.17, 15) is 18.5 Å². The predicted octanol–water partition coefficient (Wildman–Crippen LogP) is 2.31. The maximum Gasteiger partial charge on any atom is 0.233 e. The van der Waals surface area contributed by atoms with Gasteiger partial charge in [0, 0.05) is 18.4 Å². The van der Waals surface area contributed by atoms with E-state index in [2.05, 4.69) is 16.1 Å². The molecule has 2 rings (SSSR count). The van der Waals surface area contributed by atoms with Crippen LogP contribution in [0.5, 0.6) is 0 Å². The highest BCUT2D eigenvalue weighted by atomic mass is 32.2. The Bertz CT molecular complexity index is 746. The third-order valence-corrected chi connectivity index (χ3v) is 5.30. The Morgan fingerprint density at radius 3 is 2.52 bits per heavy atom. The van der Waals surface area contributed by atoms with Crippen molar-refractivity contribution < 1.29 is 13.2 Å². The Morgan fingerprint density at radius 1 is 1.20 bits per heavy atom. The highest BCUT2D eigenvalue weighted by molar-refractivity contribution is 7.92. The fourth-order valence-corrected chi connectivity index (χ4v) is 3.66. The van der Waals surface area contributed by atoms with Gasteiger partial charge in [0.2, 0.25) is 15.9 Å². The first kappa shape index (κ1) is 19.2. The van der Waals surface area contributed by atoms with E-state index in [1.165, 1.54) is 6.08 Å². The van der Waals surface area contributed by atoms with E-state index in [4.69, 9.17) is 0 Å². The molecule has 6 nitrogen and oxygen atoms in total. The molecular formula is C18H23N3O3S. The molecule has 0 aliphatic heterocycles. The lowest BCUT2D eigenvalue weighted by Crippen LogP contribution is -2.49. The molecule has 0 heterocycles. The van der Waals surface area contributed by atoms with Crippen LogP contribution in [-0.4, -0.2) is 26.4 Å². The topological polar surface area (TPSA) is 99.1 Å². The number of nitrogens with one attached hydrogen (secondary N) is 2. The van der Waals surface area contributed by atoms with Gasteiger partial charge in [-0.3, -0.25) is 4.79 Å². The van der Waals surface area contributed by atoms with Crippen molar-refractivity contribution in [3.8, 4) is 6.07 Å². The van der Waals surface area contributed by atoms with E-state index in [-0.39, 0.29) is 18.9 Å². The monoisotopic (exact) mass is 361 g/mol. The van der Waals surface area contributed by atoms with Crippen LogP contribution in [0.15, 0.2) is 35.7 Å². The third kappa shape index (κ3) is 6.33. The van der Waals surface area contributed by atoms with Gasteiger partial charge in [0.15, 0.2) is 0 Å². The first-order valence-electron chi connectivity index (χ1n) is 8.40. The number of carbonyl (C=O) groups excluding carboxylic acids is 1. The second-order valence-electron chi connectivity index (χ2n) is 6.21. The number of sulfonamides is 1. The van der Waals surface area contributed by atoms with Crippen molar-refractivity contribution in [1.29, 1.82) is 5.26 Å². The van der Waals surface area contributed by atoms with Crippen LogP contribution in [0, 0.1) is 11.3 Å². The van der Waals surface area contributed by atoms with Crippen LogP contribution in [0.1, 0.15) is 44.1 Å². The Morgan fingerprint density at radius 2 is 1.88 bits per heavy atom. The number of hydrogen-bond donors (Lipinski definition) is 2. The van der Waals surface area contributed by atoms with Gasteiger partial charge in [-0.15, -0.1) is 0 Å². The van der Waals surface area contributed by atoms with Crippen LogP contribution in [0.2, 0.25) is 0 Å².